The van der Waals surface area contributed by atoms with Crippen LogP contribution in [0.25, 0.3) is 11.4 Å². The van der Waals surface area contributed by atoms with Gasteiger partial charge in [0.15, 0.2) is 0 Å². The molecule has 3 aromatic rings. The van der Waals surface area contributed by atoms with Gasteiger partial charge in [0.25, 0.3) is 11.5 Å². The average molecular weight is 409 g/mol. The molecule has 1 aliphatic rings. The highest BCUT2D eigenvalue weighted by atomic mass is 16.5. The highest BCUT2D eigenvalue weighted by molar-refractivity contribution is 5.92. The molecule has 10 nitrogen and oxygen atoms in total. The number of amides is 1. The maximum atomic E-state index is 12.6. The van der Waals surface area contributed by atoms with Gasteiger partial charge < -0.3 is 14.3 Å². The summed E-state index contributed by atoms with van der Waals surface area (Å²) in [4.78, 5) is 36.9. The monoisotopic (exact) mass is 409 g/mol. The molecule has 156 valence electrons. The van der Waals surface area contributed by atoms with Gasteiger partial charge in [-0.1, -0.05) is 19.0 Å². The molecule has 1 amide bonds. The van der Waals surface area contributed by atoms with Crippen molar-refractivity contribution in [3.8, 4) is 11.4 Å². The van der Waals surface area contributed by atoms with Crippen molar-refractivity contribution >= 4 is 11.7 Å². The van der Waals surface area contributed by atoms with Crippen LogP contribution in [0.5, 0.6) is 0 Å². The van der Waals surface area contributed by atoms with Crippen molar-refractivity contribution in [2.75, 3.05) is 31.1 Å². The maximum absolute atomic E-state index is 12.6. The molecular formula is C20H23N7O3. The Morgan fingerprint density at radius 2 is 1.87 bits per heavy atom. The minimum absolute atomic E-state index is 0.174. The van der Waals surface area contributed by atoms with Crippen molar-refractivity contribution in [2.45, 2.75) is 19.8 Å². The van der Waals surface area contributed by atoms with E-state index in [-0.39, 0.29) is 23.1 Å². The van der Waals surface area contributed by atoms with E-state index in [4.69, 9.17) is 4.52 Å². The van der Waals surface area contributed by atoms with Crippen molar-refractivity contribution in [2.24, 2.45) is 7.05 Å². The van der Waals surface area contributed by atoms with Gasteiger partial charge >= 0.3 is 0 Å². The van der Waals surface area contributed by atoms with Gasteiger partial charge in [-0.2, -0.15) is 10.1 Å². The van der Waals surface area contributed by atoms with E-state index < -0.39 is 0 Å². The van der Waals surface area contributed by atoms with Gasteiger partial charge in [-0.15, -0.1) is 0 Å². The Balaban J connectivity index is 1.39. The summed E-state index contributed by atoms with van der Waals surface area (Å²) in [7, 11) is 1.53. The predicted octanol–water partition coefficient (Wildman–Crippen LogP) is 1.31. The van der Waals surface area contributed by atoms with Crippen LogP contribution >= 0.6 is 0 Å². The zero-order chi connectivity index (χ0) is 21.3. The van der Waals surface area contributed by atoms with Gasteiger partial charge in [-0.3, -0.25) is 9.59 Å². The smallest absolute Gasteiger partial charge is 0.274 e. The first-order valence-corrected chi connectivity index (χ1v) is 9.81. The maximum Gasteiger partial charge on any atom is 0.274 e. The average Bonchev–Trinajstić information content (AvgIpc) is 3.26. The summed E-state index contributed by atoms with van der Waals surface area (Å²) in [5.41, 5.74) is 0.824. The molecule has 0 unspecified atom stereocenters. The molecule has 30 heavy (non-hydrogen) atoms. The zero-order valence-electron chi connectivity index (χ0n) is 17.1. The number of aryl methyl sites for hydroxylation is 1. The Hall–Kier alpha value is -3.56. The number of hydrogen-bond donors (Lipinski definition) is 0. The molecule has 0 N–H and O–H groups in total. The van der Waals surface area contributed by atoms with E-state index in [9.17, 15) is 9.59 Å². The lowest BCUT2D eigenvalue weighted by molar-refractivity contribution is 0.0738. The van der Waals surface area contributed by atoms with Crippen LogP contribution in [-0.2, 0) is 7.05 Å². The molecule has 0 bridgehead atoms. The van der Waals surface area contributed by atoms with Crippen molar-refractivity contribution in [3.63, 3.8) is 0 Å². The fraction of sp³-hybridized carbons (Fsp3) is 0.400. The molecule has 0 atom stereocenters. The fourth-order valence-electron chi connectivity index (χ4n) is 3.21. The Bertz CT molecular complexity index is 1100. The molecule has 4 rings (SSSR count). The van der Waals surface area contributed by atoms with E-state index in [1.54, 1.807) is 11.1 Å². The largest absolute Gasteiger partial charge is 0.353 e. The molecule has 0 aromatic carbocycles. The number of piperazine rings is 1. The minimum Gasteiger partial charge on any atom is -0.353 e. The first-order chi connectivity index (χ1) is 14.4. The Kier molecular flexibility index (Phi) is 5.30. The second-order valence-corrected chi connectivity index (χ2v) is 7.48. The first kappa shape index (κ1) is 19.7. The molecule has 3 aromatic heterocycles. The highest BCUT2D eigenvalue weighted by Gasteiger charge is 2.24. The number of nitrogens with zero attached hydrogens (tertiary/aromatic N) is 7. The lowest BCUT2D eigenvalue weighted by Crippen LogP contribution is -2.49. The van der Waals surface area contributed by atoms with E-state index >= 15 is 0 Å². The van der Waals surface area contributed by atoms with Crippen LogP contribution < -0.4 is 10.5 Å². The van der Waals surface area contributed by atoms with Gasteiger partial charge in [0.05, 0.1) is 0 Å². The van der Waals surface area contributed by atoms with Crippen LogP contribution in [0.15, 0.2) is 39.8 Å². The minimum atomic E-state index is -0.243. The summed E-state index contributed by atoms with van der Waals surface area (Å²) in [5.74, 6) is 1.96. The molecule has 1 saturated heterocycles. The van der Waals surface area contributed by atoms with E-state index in [2.05, 4.69) is 25.1 Å². The van der Waals surface area contributed by atoms with Gasteiger partial charge in [0, 0.05) is 57.0 Å². The van der Waals surface area contributed by atoms with Gasteiger partial charge in [-0.05, 0) is 18.2 Å². The number of hydrogen-bond acceptors (Lipinski definition) is 8. The van der Waals surface area contributed by atoms with Crippen molar-refractivity contribution in [1.29, 1.82) is 0 Å². The van der Waals surface area contributed by atoms with E-state index in [0.717, 1.165) is 11.4 Å². The van der Waals surface area contributed by atoms with Crippen LogP contribution in [0, 0.1) is 0 Å². The highest BCUT2D eigenvalue weighted by Crippen LogP contribution is 2.21. The van der Waals surface area contributed by atoms with Crippen LogP contribution in [0.2, 0.25) is 0 Å². The van der Waals surface area contributed by atoms with Gasteiger partial charge in [-0.25, -0.2) is 9.67 Å². The number of pyridine rings is 1. The van der Waals surface area contributed by atoms with Crippen LogP contribution in [0.1, 0.15) is 36.1 Å². The third-order valence-electron chi connectivity index (χ3n) is 5.01. The summed E-state index contributed by atoms with van der Waals surface area (Å²) in [6, 6.07) is 6.67. The molecule has 4 heterocycles. The number of carbonyl (C=O) groups excluding carboxylic acids is 1. The van der Waals surface area contributed by atoms with E-state index in [0.29, 0.717) is 37.9 Å². The fourth-order valence-corrected chi connectivity index (χ4v) is 3.21. The summed E-state index contributed by atoms with van der Waals surface area (Å²) in [6.45, 7) is 6.41. The Morgan fingerprint density at radius 3 is 2.47 bits per heavy atom. The van der Waals surface area contributed by atoms with Crippen molar-refractivity contribution in [3.05, 3.63) is 52.4 Å². The molecule has 0 saturated carbocycles. The van der Waals surface area contributed by atoms with Gasteiger partial charge in [0.2, 0.25) is 11.7 Å². The summed E-state index contributed by atoms with van der Waals surface area (Å²) < 4.78 is 6.42. The summed E-state index contributed by atoms with van der Waals surface area (Å²) >= 11 is 0. The molecule has 1 fully saturated rings. The number of anilines is 1. The third-order valence-corrected chi connectivity index (χ3v) is 5.01. The van der Waals surface area contributed by atoms with Crippen LogP contribution in [0.3, 0.4) is 0 Å². The lowest BCUT2D eigenvalue weighted by atomic mass is 10.2. The number of rotatable bonds is 4. The lowest BCUT2D eigenvalue weighted by Gasteiger charge is -2.35. The molecule has 0 radical (unpaired) electrons. The summed E-state index contributed by atoms with van der Waals surface area (Å²) in [5, 5.41) is 8.05. The quantitative estimate of drug-likeness (QED) is 0.634. The molecular weight excluding hydrogens is 386 g/mol. The molecule has 10 heteroatoms. The van der Waals surface area contributed by atoms with Crippen molar-refractivity contribution < 1.29 is 9.32 Å². The molecule has 1 aliphatic heterocycles. The Morgan fingerprint density at radius 1 is 1.10 bits per heavy atom. The number of carbonyl (C=O) groups is 1. The molecule has 0 spiro atoms. The predicted molar refractivity (Wildman–Crippen MR) is 109 cm³/mol. The number of aromatic nitrogens is 5. The van der Waals surface area contributed by atoms with E-state index in [1.807, 2.05) is 26.0 Å². The van der Waals surface area contributed by atoms with Crippen molar-refractivity contribution in [1.82, 2.24) is 29.8 Å². The molecule has 0 aliphatic carbocycles. The van der Waals surface area contributed by atoms with Gasteiger partial charge in [0.1, 0.15) is 11.5 Å². The normalized spacial score (nSPS) is 14.4. The second kappa shape index (κ2) is 8.05. The SMILES string of the molecule is CC(C)c1nc(-c2ccc(N3CCN(C(=O)c4ccc(=O)n(C)n4)CC3)nc2)no1. The van der Waals surface area contributed by atoms with Crippen LogP contribution in [-0.4, -0.2) is 61.9 Å². The van der Waals surface area contributed by atoms with Crippen LogP contribution in [0.4, 0.5) is 5.82 Å². The van der Waals surface area contributed by atoms with E-state index in [1.165, 1.54) is 23.9 Å². The second-order valence-electron chi connectivity index (χ2n) is 7.48. The summed E-state index contributed by atoms with van der Waals surface area (Å²) in [6.07, 6.45) is 1.73. The topological polar surface area (TPSA) is 110 Å². The Labute approximate surface area is 173 Å². The third kappa shape index (κ3) is 3.93. The first-order valence-electron chi connectivity index (χ1n) is 9.81. The standard InChI is InChI=1S/C20H23N7O3/c1-13(2)19-22-18(24-30-19)14-4-6-16(21-12-14)26-8-10-27(11-9-26)20(29)15-5-7-17(28)25(3)23-15/h4-7,12-13H,8-11H2,1-3H3. The zero-order valence-corrected chi connectivity index (χ0v) is 17.1.